The van der Waals surface area contributed by atoms with Crippen LogP contribution in [-0.4, -0.2) is 31.4 Å². The van der Waals surface area contributed by atoms with E-state index >= 15 is 0 Å². The van der Waals surface area contributed by atoms with Crippen molar-refractivity contribution in [3.63, 3.8) is 0 Å². The maximum atomic E-state index is 14.1. The molecule has 1 aliphatic rings. The number of esters is 1. The summed E-state index contributed by atoms with van der Waals surface area (Å²) in [4.78, 5) is 32.2. The molecule has 0 fully saturated rings. The molecule has 1 aliphatic heterocycles. The number of halogens is 1. The van der Waals surface area contributed by atoms with Crippen molar-refractivity contribution in [2.75, 3.05) is 20.8 Å². The molecular weight excluding hydrogens is 612 g/mol. The van der Waals surface area contributed by atoms with Crippen LogP contribution in [0.3, 0.4) is 0 Å². The minimum absolute atomic E-state index is 0.233. The highest BCUT2D eigenvalue weighted by Gasteiger charge is 2.35. The number of rotatable bonds is 9. The zero-order valence-corrected chi connectivity index (χ0v) is 27.9. The van der Waals surface area contributed by atoms with Crippen LogP contribution in [0.4, 0.5) is 0 Å². The molecule has 0 N–H and O–H groups in total. The van der Waals surface area contributed by atoms with E-state index in [2.05, 4.69) is 37.9 Å². The number of benzene rings is 3. The lowest BCUT2D eigenvalue weighted by Gasteiger charge is -2.25. The predicted molar refractivity (Wildman–Crippen MR) is 176 cm³/mol. The van der Waals surface area contributed by atoms with Gasteiger partial charge in [0.1, 0.15) is 18.4 Å². The summed E-state index contributed by atoms with van der Waals surface area (Å²) >= 11 is 7.61. The molecule has 3 aromatic carbocycles. The molecule has 1 aromatic heterocycles. The maximum Gasteiger partial charge on any atom is 0.338 e. The van der Waals surface area contributed by atoms with Crippen LogP contribution in [0, 0.1) is 20.8 Å². The summed E-state index contributed by atoms with van der Waals surface area (Å²) in [5.74, 6) is 1.07. The fourth-order valence-electron chi connectivity index (χ4n) is 5.65. The molecular formula is C35H35ClN2O6S. The highest BCUT2D eigenvalue weighted by Crippen LogP contribution is 2.37. The molecule has 0 amide bonds. The summed E-state index contributed by atoms with van der Waals surface area (Å²) in [7, 11) is 2.82. The average Bonchev–Trinajstić information content (AvgIpc) is 3.30. The first-order valence-electron chi connectivity index (χ1n) is 14.5. The van der Waals surface area contributed by atoms with Gasteiger partial charge in [0.2, 0.25) is 0 Å². The number of nitrogens with zero attached hydrogens (tertiary/aromatic N) is 2. The SMILES string of the molecule is CCOc1cc(/C=c2\sc3n(c2=O)[C@@H](c2cc(Cl)ccc2OC)C(C(=O)OC)=C(C)N=3)ccc1OCc1c(C)cc(C)cc1C. The van der Waals surface area contributed by atoms with Crippen molar-refractivity contribution in [1.29, 1.82) is 0 Å². The summed E-state index contributed by atoms with van der Waals surface area (Å²) in [6.45, 7) is 10.7. The van der Waals surface area contributed by atoms with Crippen LogP contribution in [0.15, 0.2) is 69.6 Å². The summed E-state index contributed by atoms with van der Waals surface area (Å²) in [6, 6.07) is 14.1. The molecule has 0 spiro atoms. The van der Waals surface area contributed by atoms with Gasteiger partial charge < -0.3 is 18.9 Å². The number of aryl methyl sites for hydroxylation is 3. The van der Waals surface area contributed by atoms with Crippen molar-refractivity contribution >= 4 is 35.0 Å². The number of fused-ring (bicyclic) bond motifs is 1. The van der Waals surface area contributed by atoms with Crippen molar-refractivity contribution in [3.05, 3.63) is 118 Å². The van der Waals surface area contributed by atoms with Gasteiger partial charge in [-0.2, -0.15) is 0 Å². The Morgan fingerprint density at radius 1 is 0.978 bits per heavy atom. The molecule has 234 valence electrons. The van der Waals surface area contributed by atoms with E-state index in [0.717, 1.165) is 11.1 Å². The number of ether oxygens (including phenoxy) is 4. The highest BCUT2D eigenvalue weighted by molar-refractivity contribution is 7.07. The van der Waals surface area contributed by atoms with Gasteiger partial charge >= 0.3 is 5.97 Å². The van der Waals surface area contributed by atoms with E-state index in [9.17, 15) is 9.59 Å². The van der Waals surface area contributed by atoms with Crippen LogP contribution in [0.5, 0.6) is 17.2 Å². The second kappa shape index (κ2) is 13.3. The first kappa shape index (κ1) is 32.1. The summed E-state index contributed by atoms with van der Waals surface area (Å²) < 4.78 is 24.8. The molecule has 0 saturated heterocycles. The third kappa shape index (κ3) is 6.41. The number of hydrogen-bond donors (Lipinski definition) is 0. The lowest BCUT2D eigenvalue weighted by Crippen LogP contribution is -2.40. The molecule has 4 aromatic rings. The number of carbonyl (C=O) groups excluding carboxylic acids is 1. The Kier molecular flexibility index (Phi) is 9.51. The summed E-state index contributed by atoms with van der Waals surface area (Å²) in [5.41, 5.74) is 6.37. The van der Waals surface area contributed by atoms with Crippen molar-refractivity contribution in [2.24, 2.45) is 4.99 Å². The van der Waals surface area contributed by atoms with Gasteiger partial charge in [-0.25, -0.2) is 9.79 Å². The number of allylic oxidation sites excluding steroid dienone is 1. The standard InChI is InChI=1S/C35H35ClN2O6S/c1-8-43-29-15-23(9-11-28(29)44-18-26-20(3)13-19(2)14-21(26)4)16-30-33(39)38-32(25-17-24(36)10-12-27(25)41-6)31(34(40)42-7)22(5)37-35(38)45-30/h9-17,32H,8,18H2,1-7H3/b30-16-/t32-/m0/s1. The van der Waals surface area contributed by atoms with E-state index in [-0.39, 0.29) is 11.1 Å². The predicted octanol–water partition coefficient (Wildman–Crippen LogP) is 5.97. The summed E-state index contributed by atoms with van der Waals surface area (Å²) in [5, 5.41) is 0.435. The molecule has 1 atom stereocenters. The number of methoxy groups -OCH3 is 2. The Morgan fingerprint density at radius 3 is 2.36 bits per heavy atom. The smallest absolute Gasteiger partial charge is 0.338 e. The topological polar surface area (TPSA) is 88.4 Å². The lowest BCUT2D eigenvalue weighted by atomic mass is 9.95. The monoisotopic (exact) mass is 646 g/mol. The Bertz CT molecular complexity index is 1990. The first-order chi connectivity index (χ1) is 21.6. The molecule has 0 aliphatic carbocycles. The third-order valence-corrected chi connectivity index (χ3v) is 8.91. The largest absolute Gasteiger partial charge is 0.496 e. The first-order valence-corrected chi connectivity index (χ1v) is 15.7. The minimum Gasteiger partial charge on any atom is -0.496 e. The maximum absolute atomic E-state index is 14.1. The fourth-order valence-corrected chi connectivity index (χ4v) is 6.87. The van der Waals surface area contributed by atoms with Gasteiger partial charge in [0, 0.05) is 10.6 Å². The fraction of sp³-hybridized carbons (Fsp3) is 0.286. The summed E-state index contributed by atoms with van der Waals surface area (Å²) in [6.07, 6.45) is 1.79. The van der Waals surface area contributed by atoms with Crippen molar-refractivity contribution in [2.45, 2.75) is 47.3 Å². The van der Waals surface area contributed by atoms with Gasteiger partial charge in [0.15, 0.2) is 16.3 Å². The van der Waals surface area contributed by atoms with Crippen LogP contribution in [0.25, 0.3) is 6.08 Å². The van der Waals surface area contributed by atoms with E-state index in [4.69, 9.17) is 30.5 Å². The quantitative estimate of drug-likeness (QED) is 0.208. The number of carbonyl (C=O) groups is 1. The normalized spacial score (nSPS) is 14.6. The minimum atomic E-state index is -0.854. The third-order valence-electron chi connectivity index (χ3n) is 7.69. The number of aromatic nitrogens is 1. The van der Waals surface area contributed by atoms with Crippen molar-refractivity contribution < 1.29 is 23.7 Å². The molecule has 45 heavy (non-hydrogen) atoms. The Balaban J connectivity index is 1.58. The molecule has 0 unspecified atom stereocenters. The highest BCUT2D eigenvalue weighted by atomic mass is 35.5. The Hall–Kier alpha value is -4.34. The van der Waals surface area contributed by atoms with Gasteiger partial charge in [0.05, 0.1) is 36.6 Å². The van der Waals surface area contributed by atoms with Crippen molar-refractivity contribution in [1.82, 2.24) is 4.57 Å². The molecule has 2 heterocycles. The van der Waals surface area contributed by atoms with Crippen LogP contribution in [-0.2, 0) is 16.1 Å². The second-order valence-corrected chi connectivity index (χ2v) is 12.2. The van der Waals surface area contributed by atoms with E-state index in [1.165, 1.54) is 46.8 Å². The zero-order chi connectivity index (χ0) is 32.4. The van der Waals surface area contributed by atoms with Gasteiger partial charge in [-0.15, -0.1) is 0 Å². The molecule has 5 rings (SSSR count). The van der Waals surface area contributed by atoms with Crippen molar-refractivity contribution in [3.8, 4) is 17.2 Å². The van der Waals surface area contributed by atoms with E-state index < -0.39 is 12.0 Å². The molecule has 8 nitrogen and oxygen atoms in total. The molecule has 0 radical (unpaired) electrons. The number of hydrogen-bond acceptors (Lipinski definition) is 8. The molecule has 10 heteroatoms. The molecule has 0 bridgehead atoms. The van der Waals surface area contributed by atoms with E-state index in [1.54, 1.807) is 31.2 Å². The average molecular weight is 647 g/mol. The van der Waals surface area contributed by atoms with E-state index in [0.29, 0.717) is 56.1 Å². The van der Waals surface area contributed by atoms with Gasteiger partial charge in [0.25, 0.3) is 5.56 Å². The van der Waals surface area contributed by atoms with Crippen LogP contribution >= 0.6 is 22.9 Å². The van der Waals surface area contributed by atoms with Gasteiger partial charge in [-0.1, -0.05) is 46.7 Å². The molecule has 0 saturated carbocycles. The van der Waals surface area contributed by atoms with Crippen LogP contribution in [0.1, 0.15) is 53.3 Å². The van der Waals surface area contributed by atoms with Gasteiger partial charge in [-0.3, -0.25) is 9.36 Å². The van der Waals surface area contributed by atoms with E-state index in [1.807, 2.05) is 25.1 Å². The van der Waals surface area contributed by atoms with Crippen LogP contribution < -0.4 is 29.1 Å². The Morgan fingerprint density at radius 2 is 1.69 bits per heavy atom. The van der Waals surface area contributed by atoms with Crippen LogP contribution in [0.2, 0.25) is 5.02 Å². The lowest BCUT2D eigenvalue weighted by molar-refractivity contribution is -0.136. The Labute approximate surface area is 270 Å². The number of thiazole rings is 1. The zero-order valence-electron chi connectivity index (χ0n) is 26.3. The van der Waals surface area contributed by atoms with Gasteiger partial charge in [-0.05, 0) is 93.3 Å². The second-order valence-electron chi connectivity index (χ2n) is 10.8.